The Morgan fingerprint density at radius 3 is 2.52 bits per heavy atom. The molecule has 5 nitrogen and oxygen atoms in total. The van der Waals surface area contributed by atoms with Crippen LogP contribution in [0.3, 0.4) is 0 Å². The van der Waals surface area contributed by atoms with Crippen LogP contribution in [-0.2, 0) is 9.53 Å². The van der Waals surface area contributed by atoms with E-state index in [1.807, 2.05) is 19.9 Å². The molecule has 0 spiro atoms. The number of hydrogen-bond donors (Lipinski definition) is 2. The molecule has 0 saturated heterocycles. The number of ether oxygens (including phenoxy) is 1. The molecule has 23 heavy (non-hydrogen) atoms. The van der Waals surface area contributed by atoms with Gasteiger partial charge in [0.05, 0.1) is 5.56 Å². The predicted octanol–water partition coefficient (Wildman–Crippen LogP) is 3.44. The molecule has 1 amide bonds. The topological polar surface area (TPSA) is 81.4 Å². The number of halogens is 1. The van der Waals surface area contributed by atoms with Gasteiger partial charge in [-0.2, -0.15) is 0 Å². The van der Waals surface area contributed by atoms with E-state index in [2.05, 4.69) is 21.2 Å². The highest BCUT2D eigenvalue weighted by Crippen LogP contribution is 2.25. The van der Waals surface area contributed by atoms with Gasteiger partial charge in [-0.1, -0.05) is 28.1 Å². The summed E-state index contributed by atoms with van der Waals surface area (Å²) in [6.45, 7) is 3.49. The molecule has 0 aliphatic carbocycles. The van der Waals surface area contributed by atoms with E-state index in [9.17, 15) is 9.59 Å². The summed E-state index contributed by atoms with van der Waals surface area (Å²) in [5.41, 5.74) is 8.93. The highest BCUT2D eigenvalue weighted by Gasteiger charge is 2.14. The van der Waals surface area contributed by atoms with Gasteiger partial charge in [0.2, 0.25) is 0 Å². The number of benzene rings is 2. The molecule has 120 valence electrons. The number of rotatable bonds is 4. The van der Waals surface area contributed by atoms with Gasteiger partial charge >= 0.3 is 5.97 Å². The van der Waals surface area contributed by atoms with Crippen LogP contribution in [0.1, 0.15) is 21.5 Å². The lowest BCUT2D eigenvalue weighted by Crippen LogP contribution is -2.21. The summed E-state index contributed by atoms with van der Waals surface area (Å²) in [4.78, 5) is 23.8. The fraction of sp³-hybridized carbons (Fsp3) is 0.176. The molecule has 0 saturated carbocycles. The van der Waals surface area contributed by atoms with Crippen molar-refractivity contribution in [1.29, 1.82) is 0 Å². The first kappa shape index (κ1) is 17.0. The monoisotopic (exact) mass is 376 g/mol. The molecule has 0 fully saturated rings. The highest BCUT2D eigenvalue weighted by atomic mass is 79.9. The molecule has 3 N–H and O–H groups in total. The highest BCUT2D eigenvalue weighted by molar-refractivity contribution is 9.10. The Morgan fingerprint density at radius 1 is 1.13 bits per heavy atom. The summed E-state index contributed by atoms with van der Waals surface area (Å²) < 4.78 is 5.97. The van der Waals surface area contributed by atoms with E-state index >= 15 is 0 Å². The zero-order valence-corrected chi connectivity index (χ0v) is 14.4. The van der Waals surface area contributed by atoms with Crippen LogP contribution in [0.25, 0.3) is 0 Å². The number of carbonyl (C=O) groups excluding carboxylic acids is 2. The van der Waals surface area contributed by atoms with Crippen molar-refractivity contribution in [3.05, 3.63) is 57.6 Å². The third-order valence-corrected chi connectivity index (χ3v) is 4.37. The number of nitrogens with one attached hydrogen (secondary N) is 1. The van der Waals surface area contributed by atoms with Gasteiger partial charge in [-0.25, -0.2) is 4.79 Å². The van der Waals surface area contributed by atoms with Gasteiger partial charge in [-0.3, -0.25) is 4.79 Å². The van der Waals surface area contributed by atoms with Gasteiger partial charge in [-0.15, -0.1) is 0 Å². The first-order valence-electron chi connectivity index (χ1n) is 6.97. The van der Waals surface area contributed by atoms with Crippen molar-refractivity contribution < 1.29 is 14.3 Å². The molecule has 0 aromatic heterocycles. The normalized spacial score (nSPS) is 10.2. The summed E-state index contributed by atoms with van der Waals surface area (Å²) >= 11 is 3.43. The maximum Gasteiger partial charge on any atom is 0.340 e. The summed E-state index contributed by atoms with van der Waals surface area (Å²) in [5.74, 6) is -1.03. The van der Waals surface area contributed by atoms with Crippen molar-refractivity contribution in [1.82, 2.24) is 0 Å². The number of hydrogen-bond acceptors (Lipinski definition) is 4. The van der Waals surface area contributed by atoms with Gasteiger partial charge < -0.3 is 15.8 Å². The molecule has 6 heteroatoms. The Hall–Kier alpha value is -2.34. The number of nitrogens with two attached hydrogens (primary N) is 1. The van der Waals surface area contributed by atoms with Gasteiger partial charge in [0, 0.05) is 15.8 Å². The van der Waals surface area contributed by atoms with E-state index in [4.69, 9.17) is 10.5 Å². The van der Waals surface area contributed by atoms with Crippen LogP contribution in [-0.4, -0.2) is 18.5 Å². The zero-order chi connectivity index (χ0) is 17.0. The molecule has 0 aliphatic rings. The minimum atomic E-state index is -0.623. The molecule has 0 radical (unpaired) electrons. The van der Waals surface area contributed by atoms with Crippen LogP contribution in [0.4, 0.5) is 11.4 Å². The first-order chi connectivity index (χ1) is 10.9. The SMILES string of the molecule is Cc1c(Br)ccc(NC(=O)COC(=O)c2ccccc2N)c1C. The Kier molecular flexibility index (Phi) is 5.39. The van der Waals surface area contributed by atoms with E-state index in [1.165, 1.54) is 0 Å². The second kappa shape index (κ2) is 7.28. The largest absolute Gasteiger partial charge is 0.452 e. The summed E-state index contributed by atoms with van der Waals surface area (Å²) in [6.07, 6.45) is 0. The lowest BCUT2D eigenvalue weighted by atomic mass is 10.1. The van der Waals surface area contributed by atoms with Gasteiger partial charge in [0.1, 0.15) is 0 Å². The average Bonchev–Trinajstić information content (AvgIpc) is 2.53. The quantitative estimate of drug-likeness (QED) is 0.632. The number of amides is 1. The molecule has 2 rings (SSSR count). The van der Waals surface area contributed by atoms with Crippen molar-refractivity contribution >= 4 is 39.2 Å². The number of anilines is 2. The second-order valence-corrected chi connectivity index (χ2v) is 5.91. The molecule has 0 bridgehead atoms. The number of para-hydroxylation sites is 1. The van der Waals surface area contributed by atoms with Crippen LogP contribution in [0.15, 0.2) is 40.9 Å². The number of esters is 1. The third-order valence-electron chi connectivity index (χ3n) is 3.51. The van der Waals surface area contributed by atoms with Crippen molar-refractivity contribution in [3.63, 3.8) is 0 Å². The minimum Gasteiger partial charge on any atom is -0.452 e. The van der Waals surface area contributed by atoms with Gasteiger partial charge in [0.25, 0.3) is 5.91 Å². The average molecular weight is 377 g/mol. The summed E-state index contributed by atoms with van der Waals surface area (Å²) in [6, 6.07) is 10.2. The Labute approximate surface area is 143 Å². The van der Waals surface area contributed by atoms with Crippen molar-refractivity contribution in [2.24, 2.45) is 0 Å². The molecule has 0 aliphatic heterocycles. The molecular formula is C17H17BrN2O3. The van der Waals surface area contributed by atoms with Crippen LogP contribution < -0.4 is 11.1 Å². The Morgan fingerprint density at radius 2 is 1.83 bits per heavy atom. The molecule has 2 aromatic rings. The fourth-order valence-corrected chi connectivity index (χ4v) is 2.43. The number of nitrogen functional groups attached to an aromatic ring is 1. The summed E-state index contributed by atoms with van der Waals surface area (Å²) in [7, 11) is 0. The lowest BCUT2D eigenvalue weighted by molar-refractivity contribution is -0.119. The van der Waals surface area contributed by atoms with Crippen molar-refractivity contribution in [3.8, 4) is 0 Å². The standard InChI is InChI=1S/C17H17BrN2O3/c1-10-11(2)15(8-7-13(10)18)20-16(21)9-23-17(22)12-5-3-4-6-14(12)19/h3-8H,9,19H2,1-2H3,(H,20,21). The van der Waals surface area contributed by atoms with Crippen LogP contribution >= 0.6 is 15.9 Å². The van der Waals surface area contributed by atoms with Crippen molar-refractivity contribution in [2.75, 3.05) is 17.7 Å². The predicted molar refractivity (Wildman–Crippen MR) is 93.4 cm³/mol. The molecule has 2 aromatic carbocycles. The van der Waals surface area contributed by atoms with Crippen molar-refractivity contribution in [2.45, 2.75) is 13.8 Å². The Balaban J connectivity index is 1.97. The zero-order valence-electron chi connectivity index (χ0n) is 12.9. The van der Waals surface area contributed by atoms with Crippen LogP contribution in [0.2, 0.25) is 0 Å². The third kappa shape index (κ3) is 4.10. The molecular weight excluding hydrogens is 360 g/mol. The molecule has 0 atom stereocenters. The van der Waals surface area contributed by atoms with Gasteiger partial charge in [-0.05, 0) is 49.2 Å². The molecule has 0 heterocycles. The summed E-state index contributed by atoms with van der Waals surface area (Å²) in [5, 5.41) is 2.73. The smallest absolute Gasteiger partial charge is 0.340 e. The Bertz CT molecular complexity index is 759. The van der Waals surface area contributed by atoms with E-state index in [-0.39, 0.29) is 12.2 Å². The van der Waals surface area contributed by atoms with Gasteiger partial charge in [0.15, 0.2) is 6.61 Å². The van der Waals surface area contributed by atoms with Crippen LogP contribution in [0.5, 0.6) is 0 Å². The maximum atomic E-state index is 12.0. The second-order valence-electron chi connectivity index (χ2n) is 5.06. The minimum absolute atomic E-state index is 0.246. The van der Waals surface area contributed by atoms with E-state index in [0.717, 1.165) is 15.6 Å². The van der Waals surface area contributed by atoms with E-state index in [1.54, 1.807) is 30.3 Å². The lowest BCUT2D eigenvalue weighted by Gasteiger charge is -2.12. The maximum absolute atomic E-state index is 12.0. The first-order valence-corrected chi connectivity index (χ1v) is 7.76. The fourth-order valence-electron chi connectivity index (χ4n) is 2.00. The molecule has 0 unspecified atom stereocenters. The number of carbonyl (C=O) groups is 2. The van der Waals surface area contributed by atoms with E-state index < -0.39 is 11.9 Å². The van der Waals surface area contributed by atoms with Crippen LogP contribution in [0, 0.1) is 13.8 Å². The van der Waals surface area contributed by atoms with E-state index in [0.29, 0.717) is 11.4 Å².